The molecule has 0 spiro atoms. The summed E-state index contributed by atoms with van der Waals surface area (Å²) in [5.74, 6) is 5.75. The van der Waals surface area contributed by atoms with Crippen molar-refractivity contribution in [1.29, 1.82) is 0 Å². The van der Waals surface area contributed by atoms with E-state index in [1.165, 1.54) is 6.92 Å². The minimum Gasteiger partial charge on any atom is -0.335 e. The molecule has 0 aliphatic rings. The number of nitrogen functional groups attached to an aromatic ring is 1. The van der Waals surface area contributed by atoms with Gasteiger partial charge in [0.05, 0.1) is 5.38 Å². The number of rotatable bonds is 3. The molecule has 0 saturated heterocycles. The number of aryl methyl sites for hydroxylation is 1. The molecule has 1 heterocycles. The zero-order chi connectivity index (χ0) is 12.3. The zero-order valence-electron chi connectivity index (χ0n) is 8.48. The molecule has 0 saturated carbocycles. The van der Waals surface area contributed by atoms with Gasteiger partial charge in [-0.2, -0.15) is 4.68 Å². The number of aromatic nitrogens is 3. The Balaban J connectivity index is 2.74. The largest absolute Gasteiger partial charge is 0.373 e. The molecule has 1 aromatic heterocycles. The number of carbonyl (C=O) groups excluding carboxylic acids is 1. The van der Waals surface area contributed by atoms with E-state index in [0.717, 1.165) is 4.68 Å². The van der Waals surface area contributed by atoms with Crippen LogP contribution in [0, 0.1) is 6.92 Å². The summed E-state index contributed by atoms with van der Waals surface area (Å²) in [5.41, 5.74) is -0.716. The number of alkyl halides is 2. The van der Waals surface area contributed by atoms with E-state index in [1.807, 2.05) is 0 Å². The highest BCUT2D eigenvalue weighted by Gasteiger charge is 2.14. The molecule has 3 N–H and O–H groups in total. The third-order valence-corrected chi connectivity index (χ3v) is 2.65. The van der Waals surface area contributed by atoms with Crippen LogP contribution in [0.2, 0.25) is 0 Å². The third kappa shape index (κ3) is 2.67. The number of halogens is 2. The Morgan fingerprint density at radius 2 is 2.31 bits per heavy atom. The number of nitrogens with one attached hydrogen (secondary N) is 1. The van der Waals surface area contributed by atoms with Gasteiger partial charge in [-0.3, -0.25) is 0 Å². The smallest absolute Gasteiger partial charge is 0.335 e. The molecular formula is C7H11Cl2N5O2. The van der Waals surface area contributed by atoms with Crippen LogP contribution in [0.3, 0.4) is 0 Å². The minimum absolute atomic E-state index is 0.146. The average molecular weight is 268 g/mol. The maximum Gasteiger partial charge on any atom is 0.373 e. The van der Waals surface area contributed by atoms with Crippen molar-refractivity contribution in [2.24, 2.45) is 0 Å². The summed E-state index contributed by atoms with van der Waals surface area (Å²) in [5, 5.41) is 5.67. The van der Waals surface area contributed by atoms with Crippen LogP contribution in [0.1, 0.15) is 5.82 Å². The molecule has 1 rings (SSSR count). The molecular weight excluding hydrogens is 257 g/mol. The summed E-state index contributed by atoms with van der Waals surface area (Å²) in [6.07, 6.45) is 0. The lowest BCUT2D eigenvalue weighted by atomic mass is 10.5. The maximum atomic E-state index is 11.5. The number of amides is 1. The van der Waals surface area contributed by atoms with Gasteiger partial charge in [0.1, 0.15) is 0 Å². The Morgan fingerprint density at radius 3 is 2.75 bits per heavy atom. The van der Waals surface area contributed by atoms with Crippen LogP contribution in [0.4, 0.5) is 4.79 Å². The quantitative estimate of drug-likeness (QED) is 0.569. The van der Waals surface area contributed by atoms with Gasteiger partial charge in [0.2, 0.25) is 0 Å². The molecule has 0 aliphatic carbocycles. The molecule has 7 nitrogen and oxygen atoms in total. The second-order valence-corrected chi connectivity index (χ2v) is 3.98. The van der Waals surface area contributed by atoms with Gasteiger partial charge in [-0.1, -0.05) is 0 Å². The highest BCUT2D eigenvalue weighted by Crippen LogP contribution is 1.96. The van der Waals surface area contributed by atoms with Gasteiger partial charge in [0.15, 0.2) is 5.82 Å². The van der Waals surface area contributed by atoms with Gasteiger partial charge >= 0.3 is 11.7 Å². The van der Waals surface area contributed by atoms with E-state index < -0.39 is 17.1 Å². The van der Waals surface area contributed by atoms with Gasteiger partial charge in [-0.05, 0) is 6.92 Å². The molecule has 1 unspecified atom stereocenters. The summed E-state index contributed by atoms with van der Waals surface area (Å²) < 4.78 is 1.41. The number of hydrogen-bond acceptors (Lipinski definition) is 4. The number of carbonyl (C=O) groups is 1. The molecule has 0 aliphatic heterocycles. The third-order valence-electron chi connectivity index (χ3n) is 1.82. The number of nitrogens with zero attached hydrogens (tertiary/aromatic N) is 3. The molecule has 1 amide bonds. The van der Waals surface area contributed by atoms with Crippen molar-refractivity contribution in [3.63, 3.8) is 0 Å². The van der Waals surface area contributed by atoms with Crippen molar-refractivity contribution < 1.29 is 4.79 Å². The summed E-state index contributed by atoms with van der Waals surface area (Å²) in [4.78, 5) is 22.8. The van der Waals surface area contributed by atoms with E-state index >= 15 is 0 Å². The summed E-state index contributed by atoms with van der Waals surface area (Å²) in [6.45, 7) is 1.65. The first-order chi connectivity index (χ1) is 7.47. The summed E-state index contributed by atoms with van der Waals surface area (Å²) in [6, 6.07) is -0.687. The minimum atomic E-state index is -0.716. The molecule has 1 aromatic rings. The zero-order valence-corrected chi connectivity index (χ0v) is 9.99. The Bertz CT molecular complexity index is 440. The molecule has 16 heavy (non-hydrogen) atoms. The first-order valence-electron chi connectivity index (χ1n) is 4.39. The lowest BCUT2D eigenvalue weighted by molar-refractivity contribution is 0.238. The van der Waals surface area contributed by atoms with Crippen molar-refractivity contribution in [2.75, 3.05) is 18.3 Å². The van der Waals surface area contributed by atoms with Crippen LogP contribution in [0.15, 0.2) is 4.79 Å². The number of nitrogens with two attached hydrogens (primary N) is 1. The topological polar surface area (TPSA) is 94.9 Å². The molecule has 0 radical (unpaired) electrons. The van der Waals surface area contributed by atoms with Crippen LogP contribution in [0.5, 0.6) is 0 Å². The molecule has 9 heteroatoms. The van der Waals surface area contributed by atoms with Crippen molar-refractivity contribution in [2.45, 2.75) is 12.3 Å². The maximum absolute atomic E-state index is 11.5. The van der Waals surface area contributed by atoms with Crippen LogP contribution < -0.4 is 16.8 Å². The highest BCUT2D eigenvalue weighted by molar-refractivity contribution is 6.28. The Hall–Kier alpha value is -1.21. The second kappa shape index (κ2) is 5.22. The number of hydrogen-bond donors (Lipinski definition) is 2. The van der Waals surface area contributed by atoms with Crippen molar-refractivity contribution >= 4 is 29.2 Å². The molecule has 90 valence electrons. The van der Waals surface area contributed by atoms with E-state index in [1.54, 1.807) is 0 Å². The molecule has 0 bridgehead atoms. The molecule has 0 aromatic carbocycles. The predicted octanol–water partition coefficient (Wildman–Crippen LogP) is -0.529. The predicted molar refractivity (Wildman–Crippen MR) is 60.5 cm³/mol. The fourth-order valence-electron chi connectivity index (χ4n) is 0.936. The monoisotopic (exact) mass is 267 g/mol. The first kappa shape index (κ1) is 12.9. The SMILES string of the molecule is Cc1nn(C(=O)NCC(Cl)CCl)c(=O)n1N. The summed E-state index contributed by atoms with van der Waals surface area (Å²) >= 11 is 11.1. The van der Waals surface area contributed by atoms with Crippen LogP contribution >= 0.6 is 23.2 Å². The first-order valence-corrected chi connectivity index (χ1v) is 5.36. The van der Waals surface area contributed by atoms with Gasteiger partial charge < -0.3 is 11.2 Å². The standard InChI is InChI=1S/C7H11Cl2N5O2/c1-4-12-14(7(16)13(4)10)6(15)11-3-5(9)2-8/h5H,2-3,10H2,1H3,(H,11,15). The fourth-order valence-corrected chi connectivity index (χ4v) is 1.12. The van der Waals surface area contributed by atoms with Crippen molar-refractivity contribution in [3.05, 3.63) is 16.3 Å². The Labute approximate surface area is 101 Å². The van der Waals surface area contributed by atoms with Crippen LogP contribution in [-0.2, 0) is 0 Å². The van der Waals surface area contributed by atoms with Crippen molar-refractivity contribution in [3.8, 4) is 0 Å². The average Bonchev–Trinajstić information content (AvgIpc) is 2.53. The van der Waals surface area contributed by atoms with Crippen LogP contribution in [-0.4, -0.2) is 38.3 Å². The lowest BCUT2D eigenvalue weighted by Gasteiger charge is -2.06. The van der Waals surface area contributed by atoms with Gasteiger partial charge in [0.25, 0.3) is 0 Å². The Morgan fingerprint density at radius 1 is 1.69 bits per heavy atom. The highest BCUT2D eigenvalue weighted by atomic mass is 35.5. The van der Waals surface area contributed by atoms with Gasteiger partial charge in [-0.25, -0.2) is 9.59 Å². The fraction of sp³-hybridized carbons (Fsp3) is 0.571. The normalized spacial score (nSPS) is 12.4. The van der Waals surface area contributed by atoms with E-state index in [0.29, 0.717) is 4.68 Å². The molecule has 0 fully saturated rings. The summed E-state index contributed by atoms with van der Waals surface area (Å²) in [7, 11) is 0. The van der Waals surface area contributed by atoms with E-state index in [2.05, 4.69) is 10.4 Å². The Kier molecular flexibility index (Phi) is 4.19. The van der Waals surface area contributed by atoms with E-state index in [4.69, 9.17) is 29.0 Å². The second-order valence-electron chi connectivity index (χ2n) is 3.05. The molecule has 1 atom stereocenters. The van der Waals surface area contributed by atoms with Crippen LogP contribution in [0.25, 0.3) is 0 Å². The van der Waals surface area contributed by atoms with E-state index in [-0.39, 0.29) is 18.2 Å². The van der Waals surface area contributed by atoms with Gasteiger partial charge in [-0.15, -0.1) is 33.0 Å². The van der Waals surface area contributed by atoms with Gasteiger partial charge in [0, 0.05) is 12.4 Å². The van der Waals surface area contributed by atoms with Crippen molar-refractivity contribution in [1.82, 2.24) is 19.8 Å². The van der Waals surface area contributed by atoms with E-state index in [9.17, 15) is 9.59 Å². The lowest BCUT2D eigenvalue weighted by Crippen LogP contribution is -2.41.